The number of amides is 1. The first-order chi connectivity index (χ1) is 14.1. The Bertz CT molecular complexity index is 1330. The number of alkyl halides is 3. The van der Waals surface area contributed by atoms with Crippen molar-refractivity contribution in [3.63, 3.8) is 0 Å². The van der Waals surface area contributed by atoms with Gasteiger partial charge in [0.15, 0.2) is 10.8 Å². The fourth-order valence-corrected chi connectivity index (χ4v) is 3.80. The van der Waals surface area contributed by atoms with E-state index in [1.807, 2.05) is 0 Å². The molecule has 0 spiro atoms. The highest BCUT2D eigenvalue weighted by molar-refractivity contribution is 8.00. The van der Waals surface area contributed by atoms with Crippen LogP contribution in [0, 0.1) is 0 Å². The molecule has 0 aliphatic carbocycles. The molecule has 156 valence electrons. The second kappa shape index (κ2) is 7.36. The molecule has 0 aliphatic heterocycles. The van der Waals surface area contributed by atoms with Crippen molar-refractivity contribution in [3.8, 4) is 0 Å². The van der Waals surface area contributed by atoms with Crippen molar-refractivity contribution >= 4 is 51.6 Å². The molecule has 4 rings (SSSR count). The van der Waals surface area contributed by atoms with Crippen LogP contribution in [0.2, 0.25) is 5.02 Å². The molecule has 0 saturated heterocycles. The van der Waals surface area contributed by atoms with E-state index in [0.29, 0.717) is 16.7 Å². The van der Waals surface area contributed by atoms with Gasteiger partial charge in [0.2, 0.25) is 5.91 Å². The normalized spacial score (nSPS) is 13.1. The summed E-state index contributed by atoms with van der Waals surface area (Å²) in [6.45, 7) is 1.58. The van der Waals surface area contributed by atoms with Crippen molar-refractivity contribution in [3.05, 3.63) is 51.5 Å². The van der Waals surface area contributed by atoms with Crippen molar-refractivity contribution in [2.45, 2.75) is 23.5 Å². The minimum absolute atomic E-state index is 0.0571. The Kier molecular flexibility index (Phi) is 4.98. The SMILES string of the molecule is CC(Sc1nnc2c(Cl)cc(C(F)(F)F)cn12)C(=O)Nc1ccc2[nH]c(=O)[nH]c2c1. The van der Waals surface area contributed by atoms with E-state index >= 15 is 0 Å². The molecule has 0 bridgehead atoms. The minimum Gasteiger partial charge on any atom is -0.325 e. The first-order valence-corrected chi connectivity index (χ1v) is 9.68. The van der Waals surface area contributed by atoms with Crippen molar-refractivity contribution in [1.29, 1.82) is 0 Å². The standard InChI is InChI=1S/C17H12ClF3N6O2S/c1-7(14(28)22-9-2-3-11-12(5-9)24-15(29)23-11)30-16-26-25-13-10(18)4-8(6-27(13)16)17(19,20)21/h2-7H,1H3,(H,22,28)(H2,23,24,29). The Labute approximate surface area is 174 Å². The van der Waals surface area contributed by atoms with E-state index in [4.69, 9.17) is 11.6 Å². The summed E-state index contributed by atoms with van der Waals surface area (Å²) in [5.74, 6) is -0.410. The zero-order valence-corrected chi connectivity index (χ0v) is 16.6. The first-order valence-electron chi connectivity index (χ1n) is 8.43. The fourth-order valence-electron chi connectivity index (χ4n) is 2.73. The maximum Gasteiger partial charge on any atom is 0.417 e. The smallest absolute Gasteiger partial charge is 0.325 e. The lowest BCUT2D eigenvalue weighted by Gasteiger charge is -2.12. The van der Waals surface area contributed by atoms with Gasteiger partial charge in [-0.25, -0.2) is 4.79 Å². The van der Waals surface area contributed by atoms with Crippen molar-refractivity contribution in [2.75, 3.05) is 5.32 Å². The van der Waals surface area contributed by atoms with Gasteiger partial charge in [-0.2, -0.15) is 13.2 Å². The van der Waals surface area contributed by atoms with Crippen LogP contribution in [-0.4, -0.2) is 35.7 Å². The largest absolute Gasteiger partial charge is 0.417 e. The quantitative estimate of drug-likeness (QED) is 0.406. The summed E-state index contributed by atoms with van der Waals surface area (Å²) in [6.07, 6.45) is -3.75. The van der Waals surface area contributed by atoms with Gasteiger partial charge in [-0.3, -0.25) is 9.20 Å². The number of carbonyl (C=O) groups excluding carboxylic acids is 1. The van der Waals surface area contributed by atoms with Gasteiger partial charge in [0.25, 0.3) is 0 Å². The molecule has 0 radical (unpaired) electrons. The molecular weight excluding hydrogens is 445 g/mol. The van der Waals surface area contributed by atoms with E-state index in [9.17, 15) is 22.8 Å². The van der Waals surface area contributed by atoms with Crippen LogP contribution in [-0.2, 0) is 11.0 Å². The number of fused-ring (bicyclic) bond motifs is 2. The van der Waals surface area contributed by atoms with Crippen LogP contribution in [0.25, 0.3) is 16.7 Å². The molecular formula is C17H12ClF3N6O2S. The number of aromatic amines is 2. The zero-order chi connectivity index (χ0) is 21.6. The lowest BCUT2D eigenvalue weighted by atomic mass is 10.2. The summed E-state index contributed by atoms with van der Waals surface area (Å²) in [4.78, 5) is 29.0. The first kappa shape index (κ1) is 20.3. The lowest BCUT2D eigenvalue weighted by Crippen LogP contribution is -2.22. The number of aromatic nitrogens is 5. The Morgan fingerprint density at radius 2 is 1.97 bits per heavy atom. The third-order valence-corrected chi connectivity index (χ3v) is 5.53. The average molecular weight is 457 g/mol. The molecule has 0 fully saturated rings. The number of thioether (sulfide) groups is 1. The summed E-state index contributed by atoms with van der Waals surface area (Å²) >= 11 is 6.83. The number of rotatable bonds is 4. The summed E-state index contributed by atoms with van der Waals surface area (Å²) in [5, 5.41) is 9.52. The maximum atomic E-state index is 13.1. The Balaban J connectivity index is 1.55. The minimum atomic E-state index is -4.59. The molecule has 3 heterocycles. The molecule has 1 aromatic carbocycles. The number of halogens is 4. The van der Waals surface area contributed by atoms with Crippen LogP contribution in [0.1, 0.15) is 12.5 Å². The number of nitrogens with zero attached hydrogens (tertiary/aromatic N) is 3. The lowest BCUT2D eigenvalue weighted by molar-refractivity contribution is -0.137. The third-order valence-electron chi connectivity index (χ3n) is 4.19. The summed E-state index contributed by atoms with van der Waals surface area (Å²) in [7, 11) is 0. The second-order valence-electron chi connectivity index (χ2n) is 6.34. The van der Waals surface area contributed by atoms with Gasteiger partial charge in [-0.15, -0.1) is 10.2 Å². The Morgan fingerprint density at radius 3 is 2.70 bits per heavy atom. The molecule has 13 heteroatoms. The molecule has 0 aliphatic rings. The fraction of sp³-hybridized carbons (Fsp3) is 0.176. The molecule has 1 amide bonds. The second-order valence-corrected chi connectivity index (χ2v) is 8.05. The molecule has 1 unspecified atom stereocenters. The van der Waals surface area contributed by atoms with Gasteiger partial charge >= 0.3 is 11.9 Å². The number of imidazole rings is 1. The highest BCUT2D eigenvalue weighted by Gasteiger charge is 2.32. The van der Waals surface area contributed by atoms with E-state index in [1.165, 1.54) is 0 Å². The number of carbonyl (C=O) groups is 1. The summed E-state index contributed by atoms with van der Waals surface area (Å²) < 4.78 is 40.3. The number of anilines is 1. The molecule has 3 N–H and O–H groups in total. The zero-order valence-electron chi connectivity index (χ0n) is 15.0. The summed E-state index contributed by atoms with van der Waals surface area (Å²) in [6, 6.07) is 5.61. The number of benzene rings is 1. The third kappa shape index (κ3) is 3.87. The van der Waals surface area contributed by atoms with Crippen LogP contribution in [0.5, 0.6) is 0 Å². The van der Waals surface area contributed by atoms with Crippen molar-refractivity contribution in [2.24, 2.45) is 0 Å². The van der Waals surface area contributed by atoms with E-state index in [0.717, 1.165) is 28.4 Å². The van der Waals surface area contributed by atoms with Gasteiger partial charge in [-0.1, -0.05) is 23.4 Å². The van der Waals surface area contributed by atoms with Crippen LogP contribution in [0.3, 0.4) is 0 Å². The predicted octanol–water partition coefficient (Wildman–Crippen LogP) is 3.69. The van der Waals surface area contributed by atoms with Crippen LogP contribution < -0.4 is 11.0 Å². The van der Waals surface area contributed by atoms with E-state index in [1.54, 1.807) is 25.1 Å². The Hall–Kier alpha value is -2.99. The van der Waals surface area contributed by atoms with Crippen LogP contribution >= 0.6 is 23.4 Å². The molecule has 4 aromatic rings. The highest BCUT2D eigenvalue weighted by Crippen LogP contribution is 2.34. The maximum absolute atomic E-state index is 13.1. The predicted molar refractivity (Wildman–Crippen MR) is 106 cm³/mol. The topological polar surface area (TPSA) is 108 Å². The molecule has 3 aromatic heterocycles. The Morgan fingerprint density at radius 1 is 1.23 bits per heavy atom. The van der Waals surface area contributed by atoms with E-state index < -0.39 is 22.9 Å². The molecule has 0 saturated carbocycles. The van der Waals surface area contributed by atoms with Crippen LogP contribution in [0.15, 0.2) is 40.4 Å². The highest BCUT2D eigenvalue weighted by atomic mass is 35.5. The van der Waals surface area contributed by atoms with Gasteiger partial charge in [0.05, 0.1) is 26.9 Å². The van der Waals surface area contributed by atoms with Crippen molar-refractivity contribution < 1.29 is 18.0 Å². The van der Waals surface area contributed by atoms with Crippen LogP contribution in [0.4, 0.5) is 18.9 Å². The van der Waals surface area contributed by atoms with Gasteiger partial charge in [-0.05, 0) is 31.2 Å². The molecule has 30 heavy (non-hydrogen) atoms. The van der Waals surface area contributed by atoms with E-state index in [2.05, 4.69) is 25.5 Å². The monoisotopic (exact) mass is 456 g/mol. The molecule has 8 nitrogen and oxygen atoms in total. The van der Waals surface area contributed by atoms with Gasteiger partial charge in [0.1, 0.15) is 0 Å². The van der Waals surface area contributed by atoms with Crippen molar-refractivity contribution in [1.82, 2.24) is 24.6 Å². The van der Waals surface area contributed by atoms with Gasteiger partial charge < -0.3 is 15.3 Å². The number of nitrogens with one attached hydrogen (secondary N) is 3. The number of hydrogen-bond acceptors (Lipinski definition) is 5. The number of hydrogen-bond donors (Lipinski definition) is 3. The summed E-state index contributed by atoms with van der Waals surface area (Å²) in [5.41, 5.74) is 0.300. The molecule has 1 atom stereocenters. The van der Waals surface area contributed by atoms with E-state index in [-0.39, 0.29) is 21.5 Å². The average Bonchev–Trinajstić information content (AvgIpc) is 3.23. The van der Waals surface area contributed by atoms with Gasteiger partial charge in [0, 0.05) is 11.9 Å². The number of H-pyrrole nitrogens is 2. The number of pyridine rings is 1.